The fourth-order valence-electron chi connectivity index (χ4n) is 2.19. The lowest BCUT2D eigenvalue weighted by Crippen LogP contribution is -2.38. The number of carbonyl (C=O) groups excluding carboxylic acids is 2. The van der Waals surface area contributed by atoms with Crippen LogP contribution in [0.4, 0.5) is 0 Å². The van der Waals surface area contributed by atoms with E-state index < -0.39 is 6.10 Å². The molecule has 1 amide bonds. The average Bonchev–Trinajstić information content (AvgIpc) is 2.55. The number of amides is 1. The monoisotopic (exact) mass is 365 g/mol. The van der Waals surface area contributed by atoms with Crippen LogP contribution >= 0.6 is 23.2 Å². The third-order valence-electron chi connectivity index (χ3n) is 3.51. The molecule has 0 spiro atoms. The number of ether oxygens (including phenoxy) is 1. The lowest BCUT2D eigenvalue weighted by Gasteiger charge is -2.20. The van der Waals surface area contributed by atoms with Crippen molar-refractivity contribution in [2.24, 2.45) is 0 Å². The second kappa shape index (κ2) is 8.18. The summed E-state index contributed by atoms with van der Waals surface area (Å²) in [5.74, 6) is 0.0570. The Bertz CT molecular complexity index is 749. The Hall–Kier alpha value is -2.04. The zero-order valence-electron chi connectivity index (χ0n) is 13.3. The maximum Gasteiger partial charge on any atom is 0.261 e. The summed E-state index contributed by atoms with van der Waals surface area (Å²) in [5, 5.41) is 3.85. The second-order valence-electron chi connectivity index (χ2n) is 5.31. The lowest BCUT2D eigenvalue weighted by atomic mass is 10.1. The van der Waals surface area contributed by atoms with Crippen molar-refractivity contribution in [2.45, 2.75) is 26.0 Å². The highest BCUT2D eigenvalue weighted by Gasteiger charge is 2.20. The third kappa shape index (κ3) is 4.49. The minimum Gasteiger partial charge on any atom is -0.480 e. The zero-order valence-corrected chi connectivity index (χ0v) is 14.8. The Labute approximate surface area is 150 Å². The summed E-state index contributed by atoms with van der Waals surface area (Å²) in [7, 11) is 0. The van der Waals surface area contributed by atoms with E-state index in [9.17, 15) is 9.59 Å². The molecule has 0 saturated carbocycles. The van der Waals surface area contributed by atoms with Crippen LogP contribution in [0.25, 0.3) is 0 Å². The number of benzene rings is 2. The molecule has 0 bridgehead atoms. The van der Waals surface area contributed by atoms with Crippen LogP contribution in [0, 0.1) is 0 Å². The molecule has 1 N–H and O–H groups in total. The smallest absolute Gasteiger partial charge is 0.261 e. The fourth-order valence-corrected chi connectivity index (χ4v) is 2.76. The number of carbonyl (C=O) groups is 2. The first-order chi connectivity index (χ1) is 11.4. The summed E-state index contributed by atoms with van der Waals surface area (Å²) in [6, 6.07) is 11.5. The van der Waals surface area contributed by atoms with Gasteiger partial charge in [-0.3, -0.25) is 9.59 Å². The normalized spacial score (nSPS) is 13.0. The minimum absolute atomic E-state index is 0.311. The highest BCUT2D eigenvalue weighted by atomic mass is 35.5. The lowest BCUT2D eigenvalue weighted by molar-refractivity contribution is -0.127. The van der Waals surface area contributed by atoms with Crippen LogP contribution in [0.15, 0.2) is 42.5 Å². The Morgan fingerprint density at radius 2 is 1.88 bits per heavy atom. The van der Waals surface area contributed by atoms with Crippen molar-refractivity contribution >= 4 is 35.4 Å². The maximum absolute atomic E-state index is 12.3. The topological polar surface area (TPSA) is 55.4 Å². The molecule has 2 atom stereocenters. The van der Waals surface area contributed by atoms with Gasteiger partial charge in [-0.1, -0.05) is 41.4 Å². The molecular weight excluding hydrogens is 349 g/mol. The molecule has 2 rings (SSSR count). The van der Waals surface area contributed by atoms with E-state index in [1.165, 1.54) is 0 Å². The number of hydrogen-bond acceptors (Lipinski definition) is 3. The van der Waals surface area contributed by atoms with E-state index in [1.807, 2.05) is 6.92 Å². The van der Waals surface area contributed by atoms with Gasteiger partial charge in [-0.25, -0.2) is 0 Å². The molecule has 6 heteroatoms. The predicted molar refractivity (Wildman–Crippen MR) is 94.9 cm³/mol. The van der Waals surface area contributed by atoms with Gasteiger partial charge in [0.25, 0.3) is 5.91 Å². The fraction of sp³-hybridized carbons (Fsp3) is 0.222. The van der Waals surface area contributed by atoms with Crippen LogP contribution in [0.5, 0.6) is 5.75 Å². The number of aldehydes is 1. The molecule has 0 aliphatic heterocycles. The molecule has 2 aromatic carbocycles. The van der Waals surface area contributed by atoms with Crippen molar-refractivity contribution < 1.29 is 14.3 Å². The van der Waals surface area contributed by atoms with Crippen molar-refractivity contribution in [1.82, 2.24) is 5.32 Å². The molecule has 0 radical (unpaired) electrons. The Morgan fingerprint density at radius 3 is 2.54 bits per heavy atom. The number of para-hydroxylation sites is 1. The van der Waals surface area contributed by atoms with Crippen LogP contribution in [0.1, 0.15) is 35.8 Å². The van der Waals surface area contributed by atoms with E-state index in [4.69, 9.17) is 27.9 Å². The van der Waals surface area contributed by atoms with Gasteiger partial charge >= 0.3 is 0 Å². The number of nitrogens with one attached hydrogen (secondary N) is 1. The van der Waals surface area contributed by atoms with Crippen LogP contribution in [0.3, 0.4) is 0 Å². The third-order valence-corrected chi connectivity index (χ3v) is 4.07. The summed E-state index contributed by atoms with van der Waals surface area (Å²) >= 11 is 12.0. The number of hydrogen-bond donors (Lipinski definition) is 1. The summed E-state index contributed by atoms with van der Waals surface area (Å²) in [6.07, 6.45) is -0.0737. The van der Waals surface area contributed by atoms with Crippen LogP contribution in [0.2, 0.25) is 10.0 Å². The summed E-state index contributed by atoms with van der Waals surface area (Å²) in [4.78, 5) is 23.3. The Kier molecular flexibility index (Phi) is 6.23. The van der Waals surface area contributed by atoms with E-state index in [-0.39, 0.29) is 11.9 Å². The molecule has 0 fully saturated rings. The van der Waals surface area contributed by atoms with E-state index in [1.54, 1.807) is 49.4 Å². The van der Waals surface area contributed by atoms with Gasteiger partial charge in [-0.2, -0.15) is 0 Å². The predicted octanol–water partition coefficient (Wildman–Crippen LogP) is 4.45. The second-order valence-corrected chi connectivity index (χ2v) is 6.16. The van der Waals surface area contributed by atoms with Crippen molar-refractivity contribution in [1.29, 1.82) is 0 Å². The standard InChI is InChI=1S/C18H17Cl2NO3/c1-11(15-8-7-14(19)9-16(15)20)21-18(23)12(2)24-17-6-4-3-5-13(17)10-22/h3-12H,1-2H3,(H,21,23)/t11-,12-/m1/s1. The van der Waals surface area contributed by atoms with Gasteiger partial charge in [0.15, 0.2) is 12.4 Å². The van der Waals surface area contributed by atoms with Gasteiger partial charge in [0.05, 0.1) is 11.6 Å². The van der Waals surface area contributed by atoms with E-state index >= 15 is 0 Å². The maximum atomic E-state index is 12.3. The number of halogens is 2. The van der Waals surface area contributed by atoms with Crippen molar-refractivity contribution in [3.63, 3.8) is 0 Å². The quantitative estimate of drug-likeness (QED) is 0.769. The van der Waals surface area contributed by atoms with Crippen molar-refractivity contribution in [3.8, 4) is 5.75 Å². The van der Waals surface area contributed by atoms with Crippen molar-refractivity contribution in [3.05, 3.63) is 63.6 Å². The van der Waals surface area contributed by atoms with Gasteiger partial charge in [0, 0.05) is 10.0 Å². The molecule has 126 valence electrons. The molecule has 0 aliphatic rings. The Morgan fingerprint density at radius 1 is 1.17 bits per heavy atom. The SMILES string of the molecule is C[C@@H](Oc1ccccc1C=O)C(=O)N[C@H](C)c1ccc(Cl)cc1Cl. The van der Waals surface area contributed by atoms with Crippen LogP contribution in [-0.4, -0.2) is 18.3 Å². The first-order valence-electron chi connectivity index (χ1n) is 7.38. The highest BCUT2D eigenvalue weighted by Crippen LogP contribution is 2.26. The molecule has 4 nitrogen and oxygen atoms in total. The van der Waals surface area contributed by atoms with Crippen molar-refractivity contribution in [2.75, 3.05) is 0 Å². The summed E-state index contributed by atoms with van der Waals surface area (Å²) < 4.78 is 5.59. The molecule has 0 aromatic heterocycles. The number of rotatable bonds is 6. The van der Waals surface area contributed by atoms with Gasteiger partial charge in [0.1, 0.15) is 5.75 Å². The molecule has 24 heavy (non-hydrogen) atoms. The van der Waals surface area contributed by atoms with Crippen LogP contribution < -0.4 is 10.1 Å². The van der Waals surface area contributed by atoms with E-state index in [2.05, 4.69) is 5.32 Å². The van der Waals surface area contributed by atoms with Gasteiger partial charge in [-0.15, -0.1) is 0 Å². The molecular formula is C18H17Cl2NO3. The minimum atomic E-state index is -0.764. The molecule has 0 heterocycles. The highest BCUT2D eigenvalue weighted by molar-refractivity contribution is 6.35. The summed E-state index contributed by atoms with van der Waals surface area (Å²) in [5.41, 5.74) is 1.15. The largest absolute Gasteiger partial charge is 0.480 e. The zero-order chi connectivity index (χ0) is 17.7. The molecule has 0 saturated heterocycles. The summed E-state index contributed by atoms with van der Waals surface area (Å²) in [6.45, 7) is 3.44. The van der Waals surface area contributed by atoms with Crippen LogP contribution in [-0.2, 0) is 4.79 Å². The molecule has 0 unspecified atom stereocenters. The van der Waals surface area contributed by atoms with E-state index in [0.29, 0.717) is 27.6 Å². The first kappa shape index (κ1) is 18.3. The Balaban J connectivity index is 2.04. The van der Waals surface area contributed by atoms with Gasteiger partial charge in [0.2, 0.25) is 0 Å². The van der Waals surface area contributed by atoms with Gasteiger partial charge in [-0.05, 0) is 43.7 Å². The van der Waals surface area contributed by atoms with E-state index in [0.717, 1.165) is 5.56 Å². The molecule has 2 aromatic rings. The van der Waals surface area contributed by atoms with Gasteiger partial charge < -0.3 is 10.1 Å². The average molecular weight is 366 g/mol. The molecule has 0 aliphatic carbocycles. The first-order valence-corrected chi connectivity index (χ1v) is 8.14.